The molecule has 6 rings (SSSR count). The third kappa shape index (κ3) is 5.92. The van der Waals surface area contributed by atoms with Crippen molar-refractivity contribution in [2.24, 2.45) is 17.8 Å². The fourth-order valence-corrected chi connectivity index (χ4v) is 9.49. The molecule has 6 atom stereocenters. The number of hydrogen-bond acceptors (Lipinski definition) is 7. The third-order valence-electron chi connectivity index (χ3n) is 11.0. The normalized spacial score (nSPS) is 33.4. The molecule has 2 aromatic carbocycles. The molecule has 45 heavy (non-hydrogen) atoms. The number of allylic oxidation sites excluding steroid dienone is 1. The zero-order chi connectivity index (χ0) is 32.0. The number of halogens is 1. The number of sulfonamides is 1. The summed E-state index contributed by atoms with van der Waals surface area (Å²) in [7, 11) is -2.31. The van der Waals surface area contributed by atoms with Gasteiger partial charge in [-0.05, 0) is 105 Å². The maximum Gasteiger partial charge on any atom is 0.264 e. The van der Waals surface area contributed by atoms with E-state index in [1.165, 1.54) is 11.1 Å². The fourth-order valence-electron chi connectivity index (χ4n) is 8.01. The molecular formula is C35H43ClN2O6S. The van der Waals surface area contributed by atoms with Crippen LogP contribution in [0.2, 0.25) is 5.02 Å². The second-order valence-electron chi connectivity index (χ2n) is 13.6. The number of aldehydes is 1. The summed E-state index contributed by atoms with van der Waals surface area (Å²) in [5, 5.41) is -0.0988. The quantitative estimate of drug-likeness (QED) is 0.327. The van der Waals surface area contributed by atoms with Gasteiger partial charge >= 0.3 is 0 Å². The Balaban J connectivity index is 1.46. The van der Waals surface area contributed by atoms with Crippen LogP contribution < -0.4 is 14.4 Å². The molecule has 1 N–H and O–H groups in total. The van der Waals surface area contributed by atoms with Crippen molar-refractivity contribution in [2.75, 3.05) is 31.7 Å². The van der Waals surface area contributed by atoms with E-state index in [2.05, 4.69) is 21.8 Å². The molecule has 10 heteroatoms. The van der Waals surface area contributed by atoms with Gasteiger partial charge in [0.2, 0.25) is 10.0 Å². The van der Waals surface area contributed by atoms with Gasteiger partial charge in [0.15, 0.2) is 0 Å². The third-order valence-corrected chi connectivity index (χ3v) is 13.2. The van der Waals surface area contributed by atoms with Gasteiger partial charge in [0, 0.05) is 42.6 Å². The number of carbonyl (C=O) groups is 2. The summed E-state index contributed by atoms with van der Waals surface area (Å²) in [6.45, 7) is 5.30. The van der Waals surface area contributed by atoms with E-state index in [0.717, 1.165) is 49.1 Å². The summed E-state index contributed by atoms with van der Waals surface area (Å²) in [6, 6.07) is 11.3. The van der Waals surface area contributed by atoms with Gasteiger partial charge in [0.1, 0.15) is 12.0 Å². The predicted molar refractivity (Wildman–Crippen MR) is 176 cm³/mol. The molecular weight excluding hydrogens is 612 g/mol. The van der Waals surface area contributed by atoms with Crippen LogP contribution in [-0.4, -0.2) is 58.3 Å². The number of hydrogen-bond donors (Lipinski definition) is 1. The van der Waals surface area contributed by atoms with Crippen LogP contribution in [0.5, 0.6) is 5.75 Å². The first-order chi connectivity index (χ1) is 21.5. The lowest BCUT2D eigenvalue weighted by molar-refractivity contribution is -0.120. The van der Waals surface area contributed by atoms with E-state index in [1.54, 1.807) is 32.2 Å². The standard InChI is InChI=1S/C35H43ClN2O6S/c1-23-6-4-15-35(43-3,16-17-39)30-11-8-27(30)20-38-21-34(14-5-7-25-18-28(36)10-12-29(25)34)22-44-32-13-9-26(19-31(32)38)33(40)37-45(41,42)24(23)2/h4,9-10,12-13,15,17-19,23-24,27,30H,5-8,11,14,16,20-22H2,1-3H3,(H,37,40)/b15-4+/t23-,24+,27-,30+,34-,35+/m0/s1. The Bertz CT molecular complexity index is 1610. The van der Waals surface area contributed by atoms with E-state index in [1.807, 2.05) is 25.1 Å². The highest BCUT2D eigenvalue weighted by atomic mass is 35.5. The van der Waals surface area contributed by atoms with Crippen LogP contribution >= 0.6 is 11.6 Å². The molecule has 2 bridgehead atoms. The summed E-state index contributed by atoms with van der Waals surface area (Å²) in [5.41, 5.74) is 2.44. The van der Waals surface area contributed by atoms with Crippen molar-refractivity contribution in [2.45, 2.75) is 75.1 Å². The maximum atomic E-state index is 13.4. The van der Waals surface area contributed by atoms with E-state index in [0.29, 0.717) is 31.9 Å². The van der Waals surface area contributed by atoms with Crippen LogP contribution in [0, 0.1) is 17.8 Å². The number of rotatable bonds is 3. The van der Waals surface area contributed by atoms with Crippen molar-refractivity contribution in [3.63, 3.8) is 0 Å². The van der Waals surface area contributed by atoms with Gasteiger partial charge in [0.05, 0.1) is 23.1 Å². The van der Waals surface area contributed by atoms with Crippen LogP contribution in [0.25, 0.3) is 0 Å². The van der Waals surface area contributed by atoms with Crippen molar-refractivity contribution < 1.29 is 27.5 Å². The van der Waals surface area contributed by atoms with E-state index in [9.17, 15) is 18.0 Å². The predicted octanol–water partition coefficient (Wildman–Crippen LogP) is 5.86. The molecule has 0 radical (unpaired) electrons. The molecule has 2 aliphatic heterocycles. The summed E-state index contributed by atoms with van der Waals surface area (Å²) >= 11 is 6.42. The minimum Gasteiger partial charge on any atom is -0.490 e. The first-order valence-electron chi connectivity index (χ1n) is 16.0. The SMILES string of the molecule is CO[C@@]1(CC=O)/C=C/C[C@H](C)[C@@H](C)S(=O)(=O)NC(=O)c2ccc3c(c2)N(C[C@@H]2CC[C@H]21)C[C@@]1(CCCc2cc(Cl)ccc21)CO3. The van der Waals surface area contributed by atoms with Gasteiger partial charge in [-0.1, -0.05) is 36.7 Å². The number of aryl methyl sites for hydroxylation is 1. The van der Waals surface area contributed by atoms with Gasteiger partial charge in [-0.3, -0.25) is 4.79 Å². The molecule has 4 aliphatic rings. The van der Waals surface area contributed by atoms with Crippen LogP contribution in [0.3, 0.4) is 0 Å². The molecule has 0 unspecified atom stereocenters. The lowest BCUT2D eigenvalue weighted by Crippen LogP contribution is -2.53. The average Bonchev–Trinajstić information content (AvgIpc) is 3.15. The number of ether oxygens (including phenoxy) is 2. The largest absolute Gasteiger partial charge is 0.490 e. The van der Waals surface area contributed by atoms with Gasteiger partial charge in [-0.2, -0.15) is 0 Å². The van der Waals surface area contributed by atoms with Gasteiger partial charge in [0.25, 0.3) is 5.91 Å². The number of nitrogens with zero attached hydrogens (tertiary/aromatic N) is 1. The Morgan fingerprint density at radius 1 is 1.18 bits per heavy atom. The fraction of sp³-hybridized carbons (Fsp3) is 0.543. The molecule has 0 saturated heterocycles. The van der Waals surface area contributed by atoms with Crippen molar-refractivity contribution >= 4 is 39.5 Å². The first kappa shape index (κ1) is 32.1. The van der Waals surface area contributed by atoms with Crippen LogP contribution in [0.15, 0.2) is 48.6 Å². The highest BCUT2D eigenvalue weighted by molar-refractivity contribution is 7.90. The minimum absolute atomic E-state index is 0.0980. The molecule has 2 aliphatic carbocycles. The Kier molecular flexibility index (Phi) is 8.82. The number of amides is 1. The summed E-state index contributed by atoms with van der Waals surface area (Å²) in [4.78, 5) is 27.8. The van der Waals surface area contributed by atoms with Crippen LogP contribution in [0.1, 0.15) is 73.9 Å². The van der Waals surface area contributed by atoms with Crippen LogP contribution in [-0.2, 0) is 31.4 Å². The molecule has 1 spiro atoms. The first-order valence-corrected chi connectivity index (χ1v) is 18.0. The van der Waals surface area contributed by atoms with Crippen molar-refractivity contribution in [1.29, 1.82) is 0 Å². The second-order valence-corrected chi connectivity index (χ2v) is 16.0. The molecule has 2 heterocycles. The number of anilines is 1. The monoisotopic (exact) mass is 654 g/mol. The molecule has 1 fully saturated rings. The summed E-state index contributed by atoms with van der Waals surface area (Å²) < 4.78 is 41.7. The molecule has 242 valence electrons. The topological polar surface area (TPSA) is 102 Å². The molecule has 0 aromatic heterocycles. The van der Waals surface area contributed by atoms with E-state index < -0.39 is 26.8 Å². The van der Waals surface area contributed by atoms with E-state index in [-0.39, 0.29) is 35.2 Å². The average molecular weight is 655 g/mol. The summed E-state index contributed by atoms with van der Waals surface area (Å²) in [6.07, 6.45) is 10.4. The van der Waals surface area contributed by atoms with E-state index in [4.69, 9.17) is 21.1 Å². The lowest BCUT2D eigenvalue weighted by Gasteiger charge is -2.50. The highest BCUT2D eigenvalue weighted by Gasteiger charge is 2.49. The maximum absolute atomic E-state index is 13.4. The van der Waals surface area contributed by atoms with Crippen molar-refractivity contribution in [3.05, 3.63) is 70.3 Å². The molecule has 1 amide bonds. The van der Waals surface area contributed by atoms with Gasteiger partial charge in [-0.25, -0.2) is 13.1 Å². The minimum atomic E-state index is -3.97. The highest BCUT2D eigenvalue weighted by Crippen LogP contribution is 2.49. The smallest absolute Gasteiger partial charge is 0.264 e. The van der Waals surface area contributed by atoms with Crippen molar-refractivity contribution in [3.8, 4) is 5.75 Å². The number of carbonyl (C=O) groups excluding carboxylic acids is 2. The lowest BCUT2D eigenvalue weighted by atomic mass is 9.63. The Morgan fingerprint density at radius 3 is 2.73 bits per heavy atom. The van der Waals surface area contributed by atoms with Crippen LogP contribution in [0.4, 0.5) is 5.69 Å². The second kappa shape index (κ2) is 12.4. The van der Waals surface area contributed by atoms with Crippen molar-refractivity contribution in [1.82, 2.24) is 4.72 Å². The number of nitrogens with one attached hydrogen (secondary N) is 1. The number of fused-ring (bicyclic) bond motifs is 4. The Morgan fingerprint density at radius 2 is 2.00 bits per heavy atom. The zero-order valence-corrected chi connectivity index (χ0v) is 27.8. The van der Waals surface area contributed by atoms with Gasteiger partial charge in [-0.15, -0.1) is 0 Å². The zero-order valence-electron chi connectivity index (χ0n) is 26.3. The molecule has 8 nitrogen and oxygen atoms in total. The number of methoxy groups -OCH3 is 1. The number of benzene rings is 2. The molecule has 1 saturated carbocycles. The molecule has 2 aromatic rings. The summed E-state index contributed by atoms with van der Waals surface area (Å²) in [5.74, 6) is 0.0654. The van der Waals surface area contributed by atoms with Gasteiger partial charge < -0.3 is 19.2 Å². The van der Waals surface area contributed by atoms with E-state index >= 15 is 0 Å². The Labute approximate surface area is 271 Å². The Hall–Kier alpha value is -2.88.